The fraction of sp³-hybridized carbons (Fsp3) is 0.250. The van der Waals surface area contributed by atoms with Gasteiger partial charge in [0.2, 0.25) is 0 Å². The summed E-state index contributed by atoms with van der Waals surface area (Å²) in [6.07, 6.45) is 0. The summed E-state index contributed by atoms with van der Waals surface area (Å²) in [6.45, 7) is 1.35. The van der Waals surface area contributed by atoms with Crippen LogP contribution in [-0.4, -0.2) is 0 Å². The Kier molecular flexibility index (Phi) is 1.59. The molecule has 1 N–H and O–H groups in total. The van der Waals surface area contributed by atoms with Crippen LogP contribution in [0.25, 0.3) is 0 Å². The highest BCUT2D eigenvalue weighted by Crippen LogP contribution is 2.24. The average molecular weight is 172 g/mol. The number of halogens is 2. The molecule has 58 valence electrons. The first kappa shape index (κ1) is 7.07. The molecule has 0 saturated carbocycles. The second kappa shape index (κ2) is 2.47. The van der Waals surface area contributed by atoms with Crippen molar-refractivity contribution in [2.75, 3.05) is 0 Å². The lowest BCUT2D eigenvalue weighted by Gasteiger charge is -1.99. The van der Waals surface area contributed by atoms with E-state index in [9.17, 15) is 4.39 Å². The van der Waals surface area contributed by atoms with Crippen LogP contribution in [0.15, 0.2) is 12.1 Å². The highest BCUT2D eigenvalue weighted by atomic mass is 35.5. The minimum Gasteiger partial charge on any atom is -0.308 e. The first-order valence-corrected chi connectivity index (χ1v) is 3.83. The Labute approximate surface area is 69.2 Å². The van der Waals surface area contributed by atoms with Gasteiger partial charge < -0.3 is 5.32 Å². The summed E-state index contributed by atoms with van der Waals surface area (Å²) in [7, 11) is 0. The van der Waals surface area contributed by atoms with E-state index < -0.39 is 0 Å². The molecule has 1 aliphatic rings. The van der Waals surface area contributed by atoms with E-state index in [1.165, 1.54) is 0 Å². The Bertz CT molecular complexity index is 298. The average Bonchev–Trinajstić information content (AvgIpc) is 2.45. The van der Waals surface area contributed by atoms with Gasteiger partial charge in [-0.3, -0.25) is 0 Å². The molecule has 0 spiro atoms. The first-order valence-electron chi connectivity index (χ1n) is 3.45. The van der Waals surface area contributed by atoms with Gasteiger partial charge in [-0.1, -0.05) is 17.7 Å². The van der Waals surface area contributed by atoms with E-state index in [0.717, 1.165) is 17.7 Å². The zero-order chi connectivity index (χ0) is 7.84. The predicted molar refractivity (Wildman–Crippen MR) is 42.0 cm³/mol. The Morgan fingerprint density at radius 3 is 3.00 bits per heavy atom. The van der Waals surface area contributed by atoms with Gasteiger partial charge in [-0.2, -0.15) is 0 Å². The molecule has 0 radical (unpaired) electrons. The third-order valence-corrected chi connectivity index (χ3v) is 2.20. The van der Waals surface area contributed by atoms with E-state index in [1.54, 1.807) is 6.07 Å². The Morgan fingerprint density at radius 1 is 1.36 bits per heavy atom. The molecule has 0 unspecified atom stereocenters. The third kappa shape index (κ3) is 1.03. The van der Waals surface area contributed by atoms with Crippen LogP contribution >= 0.6 is 11.6 Å². The molecule has 0 aliphatic carbocycles. The Morgan fingerprint density at radius 2 is 2.18 bits per heavy atom. The Balaban J connectivity index is 2.62. The standard InChI is InChI=1S/C8H7ClFN/c9-7-2-1-5-3-11-4-6(5)8(7)10/h1-2,11H,3-4H2. The number of fused-ring (bicyclic) bond motifs is 1. The molecule has 1 aliphatic heterocycles. The van der Waals surface area contributed by atoms with Crippen molar-refractivity contribution >= 4 is 11.6 Å². The van der Waals surface area contributed by atoms with Crippen molar-refractivity contribution in [1.82, 2.24) is 5.32 Å². The summed E-state index contributed by atoms with van der Waals surface area (Å²) < 4.78 is 13.1. The molecule has 1 aromatic carbocycles. The number of hydrogen-bond donors (Lipinski definition) is 1. The van der Waals surface area contributed by atoms with Gasteiger partial charge in [-0.15, -0.1) is 0 Å². The lowest BCUT2D eigenvalue weighted by molar-refractivity contribution is 0.608. The van der Waals surface area contributed by atoms with Crippen molar-refractivity contribution in [3.05, 3.63) is 34.1 Å². The quantitative estimate of drug-likeness (QED) is 0.630. The molecule has 2 rings (SSSR count). The van der Waals surface area contributed by atoms with Gasteiger partial charge in [0, 0.05) is 18.7 Å². The second-order valence-corrected chi connectivity index (χ2v) is 3.01. The molecular weight excluding hydrogens is 165 g/mol. The van der Waals surface area contributed by atoms with Gasteiger partial charge in [-0.25, -0.2) is 4.39 Å². The summed E-state index contributed by atoms with van der Waals surface area (Å²) in [5, 5.41) is 3.27. The molecule has 0 atom stereocenters. The number of benzene rings is 1. The van der Waals surface area contributed by atoms with Crippen LogP contribution in [0.5, 0.6) is 0 Å². The molecule has 0 bridgehead atoms. The molecule has 3 heteroatoms. The fourth-order valence-electron chi connectivity index (χ4n) is 1.31. The van der Waals surface area contributed by atoms with E-state index in [1.807, 2.05) is 6.07 Å². The molecule has 11 heavy (non-hydrogen) atoms. The zero-order valence-corrected chi connectivity index (χ0v) is 6.58. The normalized spacial score (nSPS) is 15.1. The van der Waals surface area contributed by atoms with Gasteiger partial charge in [0.1, 0.15) is 5.82 Å². The number of nitrogens with one attached hydrogen (secondary N) is 1. The molecule has 0 aromatic heterocycles. The van der Waals surface area contributed by atoms with E-state index in [4.69, 9.17) is 11.6 Å². The zero-order valence-electron chi connectivity index (χ0n) is 5.82. The van der Waals surface area contributed by atoms with Crippen LogP contribution in [0.4, 0.5) is 4.39 Å². The second-order valence-electron chi connectivity index (χ2n) is 2.60. The van der Waals surface area contributed by atoms with Gasteiger partial charge in [0.25, 0.3) is 0 Å². The van der Waals surface area contributed by atoms with E-state index in [0.29, 0.717) is 6.54 Å². The molecule has 1 heterocycles. The van der Waals surface area contributed by atoms with Crippen LogP contribution in [0.1, 0.15) is 11.1 Å². The number of rotatable bonds is 0. The van der Waals surface area contributed by atoms with Crippen molar-refractivity contribution < 1.29 is 4.39 Å². The van der Waals surface area contributed by atoms with Crippen molar-refractivity contribution in [2.45, 2.75) is 13.1 Å². The van der Waals surface area contributed by atoms with Crippen LogP contribution in [-0.2, 0) is 13.1 Å². The minimum absolute atomic E-state index is 0.215. The van der Waals surface area contributed by atoms with Gasteiger partial charge in [0.15, 0.2) is 0 Å². The van der Waals surface area contributed by atoms with E-state index in [-0.39, 0.29) is 10.8 Å². The monoisotopic (exact) mass is 171 g/mol. The summed E-state index contributed by atoms with van der Waals surface area (Å²) in [6, 6.07) is 3.46. The lowest BCUT2D eigenvalue weighted by Crippen LogP contribution is -2.00. The molecule has 0 amide bonds. The summed E-state index contributed by atoms with van der Waals surface area (Å²) >= 11 is 5.59. The van der Waals surface area contributed by atoms with Crippen LogP contribution < -0.4 is 5.32 Å². The van der Waals surface area contributed by atoms with Crippen LogP contribution in [0.3, 0.4) is 0 Å². The number of hydrogen-bond acceptors (Lipinski definition) is 1. The Hall–Kier alpha value is -0.600. The largest absolute Gasteiger partial charge is 0.308 e. The summed E-state index contributed by atoms with van der Waals surface area (Å²) in [5.41, 5.74) is 1.74. The predicted octanol–water partition coefficient (Wildman–Crippen LogP) is 2.08. The maximum absolute atomic E-state index is 13.1. The topological polar surface area (TPSA) is 12.0 Å². The van der Waals surface area contributed by atoms with Crippen molar-refractivity contribution in [2.24, 2.45) is 0 Å². The van der Waals surface area contributed by atoms with Crippen molar-refractivity contribution in [3.63, 3.8) is 0 Å². The van der Waals surface area contributed by atoms with E-state index >= 15 is 0 Å². The van der Waals surface area contributed by atoms with Crippen LogP contribution in [0, 0.1) is 5.82 Å². The smallest absolute Gasteiger partial charge is 0.146 e. The van der Waals surface area contributed by atoms with Crippen molar-refractivity contribution in [3.8, 4) is 0 Å². The maximum Gasteiger partial charge on any atom is 0.146 e. The molecular formula is C8H7ClFN. The summed E-state index contributed by atoms with van der Waals surface area (Å²) in [5.74, 6) is -0.269. The maximum atomic E-state index is 13.1. The molecule has 1 aromatic rings. The minimum atomic E-state index is -0.269. The van der Waals surface area contributed by atoms with Crippen molar-refractivity contribution in [1.29, 1.82) is 0 Å². The van der Waals surface area contributed by atoms with Gasteiger partial charge >= 0.3 is 0 Å². The SMILES string of the molecule is Fc1c(Cl)ccc2c1CNC2. The highest BCUT2D eigenvalue weighted by Gasteiger charge is 2.15. The lowest BCUT2D eigenvalue weighted by atomic mass is 10.1. The van der Waals surface area contributed by atoms with Gasteiger partial charge in [0.05, 0.1) is 5.02 Å². The van der Waals surface area contributed by atoms with E-state index in [2.05, 4.69) is 5.32 Å². The highest BCUT2D eigenvalue weighted by molar-refractivity contribution is 6.30. The fourth-order valence-corrected chi connectivity index (χ4v) is 1.49. The van der Waals surface area contributed by atoms with Crippen LogP contribution in [0.2, 0.25) is 5.02 Å². The van der Waals surface area contributed by atoms with Gasteiger partial charge in [-0.05, 0) is 11.6 Å². The molecule has 0 saturated heterocycles. The molecule has 1 nitrogen and oxygen atoms in total. The first-order chi connectivity index (χ1) is 5.29. The third-order valence-electron chi connectivity index (χ3n) is 1.91. The summed E-state index contributed by atoms with van der Waals surface area (Å²) in [4.78, 5) is 0. The molecule has 0 fully saturated rings.